The Balaban J connectivity index is 1.98. The van der Waals surface area contributed by atoms with Crippen molar-refractivity contribution in [3.63, 3.8) is 0 Å². The van der Waals surface area contributed by atoms with E-state index in [2.05, 4.69) is 20.6 Å². The van der Waals surface area contributed by atoms with Gasteiger partial charge in [-0.2, -0.15) is 20.1 Å². The van der Waals surface area contributed by atoms with Gasteiger partial charge in [0.25, 0.3) is 11.5 Å². The van der Waals surface area contributed by atoms with Gasteiger partial charge in [-0.1, -0.05) is 6.07 Å². The zero-order chi connectivity index (χ0) is 20.1. The molecule has 1 aromatic carbocycles. The molecule has 1 amide bonds. The molecule has 138 valence electrons. The predicted molar refractivity (Wildman–Crippen MR) is 98.5 cm³/mol. The highest BCUT2D eigenvalue weighted by Crippen LogP contribution is 2.11. The molecular weight excluding hydrogens is 363 g/mol. The average molecular weight is 376 g/mol. The predicted octanol–water partition coefficient (Wildman–Crippen LogP) is 1.71. The third kappa shape index (κ3) is 3.81. The third-order valence-electron chi connectivity index (χ3n) is 3.79. The van der Waals surface area contributed by atoms with E-state index in [1.165, 1.54) is 25.3 Å². The molecule has 8 nitrogen and oxygen atoms in total. The molecule has 0 aliphatic heterocycles. The van der Waals surface area contributed by atoms with E-state index in [1.807, 2.05) is 0 Å². The number of nitrogens with zero attached hydrogens (tertiary/aromatic N) is 5. The van der Waals surface area contributed by atoms with E-state index >= 15 is 0 Å². The Kier molecular flexibility index (Phi) is 5.32. The maximum atomic E-state index is 13.2. The first-order chi connectivity index (χ1) is 13.5. The lowest BCUT2D eigenvalue weighted by Gasteiger charge is -2.10. The van der Waals surface area contributed by atoms with Crippen LogP contribution >= 0.6 is 0 Å². The zero-order valence-corrected chi connectivity index (χ0v) is 14.6. The molecule has 28 heavy (non-hydrogen) atoms. The van der Waals surface area contributed by atoms with Gasteiger partial charge in [-0.25, -0.2) is 9.82 Å². The summed E-state index contributed by atoms with van der Waals surface area (Å²) in [5.74, 6) is -1.21. The number of nitriles is 1. The third-order valence-corrected chi connectivity index (χ3v) is 3.79. The number of halogens is 1. The Labute approximate surface area is 158 Å². The standard InChI is InChI=1S/C19H13FN6O2/c1-12-16(10-21)19(28)26(15-7-5-13(20)6-8-15)25-17(12)18(27)24-23-11-14-4-2-3-9-22-14/h2-9,11H,1H3,(H,24,27)/b23-11-. The Morgan fingerprint density at radius 3 is 2.68 bits per heavy atom. The Hall–Kier alpha value is -4.19. The first-order valence-electron chi connectivity index (χ1n) is 8.05. The first kappa shape index (κ1) is 18.6. The Morgan fingerprint density at radius 2 is 2.04 bits per heavy atom. The largest absolute Gasteiger partial charge is 0.292 e. The summed E-state index contributed by atoms with van der Waals surface area (Å²) < 4.78 is 14.0. The second-order valence-corrected chi connectivity index (χ2v) is 5.61. The van der Waals surface area contributed by atoms with Crippen LogP contribution in [0.2, 0.25) is 0 Å². The normalized spacial score (nSPS) is 10.6. The monoisotopic (exact) mass is 376 g/mol. The quantitative estimate of drug-likeness (QED) is 0.550. The summed E-state index contributed by atoms with van der Waals surface area (Å²) in [6, 6.07) is 11.9. The zero-order valence-electron chi connectivity index (χ0n) is 14.6. The number of pyridine rings is 1. The number of rotatable bonds is 4. The van der Waals surface area contributed by atoms with Crippen LogP contribution in [0.1, 0.15) is 27.3 Å². The molecule has 0 saturated heterocycles. The van der Waals surface area contributed by atoms with E-state index in [0.717, 1.165) is 16.8 Å². The molecule has 0 spiro atoms. The number of nitrogens with one attached hydrogen (secondary N) is 1. The molecule has 3 rings (SSSR count). The van der Waals surface area contributed by atoms with Gasteiger partial charge in [0.2, 0.25) is 0 Å². The second kappa shape index (κ2) is 8.01. The maximum absolute atomic E-state index is 13.2. The smallest absolute Gasteiger partial charge is 0.266 e. The van der Waals surface area contributed by atoms with Crippen LogP contribution in [0.15, 0.2) is 58.6 Å². The molecule has 0 atom stereocenters. The van der Waals surface area contributed by atoms with Gasteiger partial charge in [0.1, 0.15) is 17.4 Å². The number of hydrogen-bond acceptors (Lipinski definition) is 6. The SMILES string of the molecule is Cc1c(C(=O)N/N=C\c2ccccn2)nn(-c2ccc(F)cc2)c(=O)c1C#N. The molecular formula is C19H13FN6O2. The molecule has 3 aromatic rings. The minimum Gasteiger partial charge on any atom is -0.266 e. The summed E-state index contributed by atoms with van der Waals surface area (Å²) in [5.41, 5.74) is 2.06. The van der Waals surface area contributed by atoms with Gasteiger partial charge in [0, 0.05) is 11.8 Å². The van der Waals surface area contributed by atoms with Crippen molar-refractivity contribution in [3.05, 3.63) is 87.3 Å². The molecule has 0 bridgehead atoms. The van der Waals surface area contributed by atoms with E-state index in [-0.39, 0.29) is 22.5 Å². The lowest BCUT2D eigenvalue weighted by Crippen LogP contribution is -2.31. The molecule has 2 aromatic heterocycles. The van der Waals surface area contributed by atoms with Crippen molar-refractivity contribution in [1.82, 2.24) is 20.2 Å². The summed E-state index contributed by atoms with van der Waals surface area (Å²) >= 11 is 0. The van der Waals surface area contributed by atoms with Crippen LogP contribution in [0.4, 0.5) is 4.39 Å². The fourth-order valence-electron chi connectivity index (χ4n) is 2.37. The number of carbonyl (C=O) groups excluding carboxylic acids is 1. The molecule has 9 heteroatoms. The molecule has 0 fully saturated rings. The van der Waals surface area contributed by atoms with Crippen LogP contribution < -0.4 is 11.0 Å². The van der Waals surface area contributed by atoms with Crippen molar-refractivity contribution in [2.75, 3.05) is 0 Å². The topological polar surface area (TPSA) is 113 Å². The van der Waals surface area contributed by atoms with Gasteiger partial charge < -0.3 is 0 Å². The van der Waals surface area contributed by atoms with Crippen LogP contribution in [-0.2, 0) is 0 Å². The summed E-state index contributed by atoms with van der Waals surface area (Å²) in [6.07, 6.45) is 2.92. The van der Waals surface area contributed by atoms with Gasteiger partial charge >= 0.3 is 0 Å². The highest BCUT2D eigenvalue weighted by molar-refractivity contribution is 5.94. The van der Waals surface area contributed by atoms with Crippen molar-refractivity contribution in [1.29, 1.82) is 5.26 Å². The number of benzene rings is 1. The minimum absolute atomic E-state index is 0.122. The molecule has 0 aliphatic rings. The first-order valence-corrected chi connectivity index (χ1v) is 8.05. The molecule has 0 saturated carbocycles. The van der Waals surface area contributed by atoms with Crippen LogP contribution in [0.3, 0.4) is 0 Å². The lowest BCUT2D eigenvalue weighted by molar-refractivity contribution is 0.0947. The van der Waals surface area contributed by atoms with Gasteiger partial charge in [0.15, 0.2) is 5.69 Å². The lowest BCUT2D eigenvalue weighted by atomic mass is 10.1. The van der Waals surface area contributed by atoms with E-state index < -0.39 is 17.3 Å². The van der Waals surface area contributed by atoms with Gasteiger partial charge in [-0.15, -0.1) is 0 Å². The van der Waals surface area contributed by atoms with E-state index in [4.69, 9.17) is 0 Å². The molecule has 1 N–H and O–H groups in total. The van der Waals surface area contributed by atoms with Gasteiger partial charge in [0.05, 0.1) is 17.6 Å². The minimum atomic E-state index is -0.711. The van der Waals surface area contributed by atoms with Crippen molar-refractivity contribution >= 4 is 12.1 Å². The highest BCUT2D eigenvalue weighted by Gasteiger charge is 2.20. The summed E-state index contributed by atoms with van der Waals surface area (Å²) in [4.78, 5) is 29.0. The number of hydrogen-bond donors (Lipinski definition) is 1. The van der Waals surface area contributed by atoms with Crippen molar-refractivity contribution in [2.45, 2.75) is 6.92 Å². The highest BCUT2D eigenvalue weighted by atomic mass is 19.1. The van der Waals surface area contributed by atoms with E-state index in [0.29, 0.717) is 5.69 Å². The maximum Gasteiger partial charge on any atom is 0.292 e. The van der Waals surface area contributed by atoms with Crippen LogP contribution in [0.25, 0.3) is 5.69 Å². The van der Waals surface area contributed by atoms with Crippen molar-refractivity contribution in [2.24, 2.45) is 5.10 Å². The van der Waals surface area contributed by atoms with E-state index in [1.54, 1.807) is 30.5 Å². The number of hydrazone groups is 1. The number of amides is 1. The fourth-order valence-corrected chi connectivity index (χ4v) is 2.37. The van der Waals surface area contributed by atoms with Gasteiger partial charge in [-0.05, 0) is 43.3 Å². The second-order valence-electron chi connectivity index (χ2n) is 5.61. The van der Waals surface area contributed by atoms with Crippen LogP contribution in [-0.4, -0.2) is 26.9 Å². The summed E-state index contributed by atoms with van der Waals surface area (Å²) in [6.45, 7) is 1.44. The van der Waals surface area contributed by atoms with Crippen LogP contribution in [0, 0.1) is 24.1 Å². The molecule has 0 aliphatic carbocycles. The molecule has 2 heterocycles. The van der Waals surface area contributed by atoms with Crippen molar-refractivity contribution in [3.8, 4) is 11.8 Å². The van der Waals surface area contributed by atoms with E-state index in [9.17, 15) is 19.2 Å². The average Bonchev–Trinajstić information content (AvgIpc) is 2.70. The van der Waals surface area contributed by atoms with Crippen LogP contribution in [0.5, 0.6) is 0 Å². The molecule has 0 unspecified atom stereocenters. The summed E-state index contributed by atoms with van der Waals surface area (Å²) in [7, 11) is 0. The molecule has 0 radical (unpaired) electrons. The summed E-state index contributed by atoms with van der Waals surface area (Å²) in [5, 5.41) is 17.2. The Morgan fingerprint density at radius 1 is 1.29 bits per heavy atom. The Bertz CT molecular complexity index is 1150. The van der Waals surface area contributed by atoms with Crippen molar-refractivity contribution < 1.29 is 9.18 Å². The van der Waals surface area contributed by atoms with Gasteiger partial charge in [-0.3, -0.25) is 14.6 Å². The number of carbonyl (C=O) groups is 1. The number of aromatic nitrogens is 3. The fraction of sp³-hybridized carbons (Fsp3) is 0.0526.